The van der Waals surface area contributed by atoms with E-state index in [4.69, 9.17) is 4.42 Å². The van der Waals surface area contributed by atoms with Crippen molar-refractivity contribution >= 4 is 38.6 Å². The monoisotopic (exact) mass is 365 g/mol. The first-order valence-electron chi connectivity index (χ1n) is 8.45. The maximum absolute atomic E-state index is 12.5. The van der Waals surface area contributed by atoms with Crippen LogP contribution in [-0.4, -0.2) is 23.0 Å². The minimum Gasteiger partial charge on any atom is -0.459 e. The fraction of sp³-hybridized carbons (Fsp3) is 0.200. The molecule has 2 heterocycles. The molecule has 26 heavy (non-hydrogen) atoms. The summed E-state index contributed by atoms with van der Waals surface area (Å²) < 4.78 is 7.00. The molecule has 1 atom stereocenters. The SMILES string of the molecule is CC(c1cc2ccccc2o1)N(C)C(=O)NCc1nc2ccccc2s1. The number of rotatable bonds is 4. The fourth-order valence-electron chi connectivity index (χ4n) is 2.85. The number of hydrogen-bond acceptors (Lipinski definition) is 4. The van der Waals surface area contributed by atoms with Crippen LogP contribution >= 0.6 is 11.3 Å². The third-order valence-electron chi connectivity index (χ3n) is 4.49. The number of amides is 2. The van der Waals surface area contributed by atoms with Crippen molar-refractivity contribution in [2.45, 2.75) is 19.5 Å². The van der Waals surface area contributed by atoms with E-state index in [9.17, 15) is 4.79 Å². The second-order valence-corrected chi connectivity index (χ2v) is 7.32. The lowest BCUT2D eigenvalue weighted by Gasteiger charge is -2.23. The topological polar surface area (TPSA) is 58.4 Å². The van der Waals surface area contributed by atoms with Gasteiger partial charge in [-0.2, -0.15) is 0 Å². The summed E-state index contributed by atoms with van der Waals surface area (Å²) in [5.41, 5.74) is 1.79. The van der Waals surface area contributed by atoms with E-state index in [1.54, 1.807) is 23.3 Å². The van der Waals surface area contributed by atoms with Gasteiger partial charge in [0, 0.05) is 12.4 Å². The standard InChI is InChI=1S/C20H19N3O2S/c1-13(17-11-14-7-3-5-9-16(14)25-17)23(2)20(24)21-12-19-22-15-8-4-6-10-18(15)26-19/h3-11,13H,12H2,1-2H3,(H,21,24). The van der Waals surface area contributed by atoms with Crippen molar-refractivity contribution in [3.05, 3.63) is 65.4 Å². The molecule has 0 radical (unpaired) electrons. The molecule has 2 aromatic heterocycles. The third-order valence-corrected chi connectivity index (χ3v) is 5.52. The van der Waals surface area contributed by atoms with Gasteiger partial charge in [-0.05, 0) is 31.2 Å². The van der Waals surface area contributed by atoms with Crippen molar-refractivity contribution in [2.24, 2.45) is 0 Å². The van der Waals surface area contributed by atoms with E-state index in [0.717, 1.165) is 32.0 Å². The van der Waals surface area contributed by atoms with Gasteiger partial charge in [0.2, 0.25) is 0 Å². The number of nitrogens with zero attached hydrogens (tertiary/aromatic N) is 2. The summed E-state index contributed by atoms with van der Waals surface area (Å²) in [6.07, 6.45) is 0. The van der Waals surface area contributed by atoms with Crippen LogP contribution in [0.15, 0.2) is 59.0 Å². The lowest BCUT2D eigenvalue weighted by Crippen LogP contribution is -2.38. The molecule has 2 aromatic carbocycles. The van der Waals surface area contributed by atoms with Crippen LogP contribution in [0, 0.1) is 0 Å². The van der Waals surface area contributed by atoms with Gasteiger partial charge in [-0.15, -0.1) is 11.3 Å². The number of para-hydroxylation sites is 2. The van der Waals surface area contributed by atoms with Crippen molar-refractivity contribution < 1.29 is 9.21 Å². The van der Waals surface area contributed by atoms with E-state index in [1.807, 2.05) is 61.5 Å². The van der Waals surface area contributed by atoms with E-state index in [-0.39, 0.29) is 12.1 Å². The normalized spacial score (nSPS) is 12.4. The van der Waals surface area contributed by atoms with Gasteiger partial charge in [0.25, 0.3) is 0 Å². The smallest absolute Gasteiger partial charge is 0.318 e. The average molecular weight is 365 g/mol. The molecule has 6 heteroatoms. The molecule has 0 fully saturated rings. The lowest BCUT2D eigenvalue weighted by molar-refractivity contribution is 0.187. The second kappa shape index (κ2) is 6.80. The second-order valence-electron chi connectivity index (χ2n) is 6.21. The van der Waals surface area contributed by atoms with E-state index in [0.29, 0.717) is 6.54 Å². The summed E-state index contributed by atoms with van der Waals surface area (Å²) in [4.78, 5) is 18.7. The summed E-state index contributed by atoms with van der Waals surface area (Å²) in [6, 6.07) is 17.5. The van der Waals surface area contributed by atoms with Gasteiger partial charge in [-0.3, -0.25) is 0 Å². The molecule has 0 saturated heterocycles. The van der Waals surface area contributed by atoms with Crippen molar-refractivity contribution in [2.75, 3.05) is 7.05 Å². The van der Waals surface area contributed by atoms with E-state index in [2.05, 4.69) is 10.3 Å². The number of carbonyl (C=O) groups is 1. The largest absolute Gasteiger partial charge is 0.459 e. The van der Waals surface area contributed by atoms with Gasteiger partial charge in [0.05, 0.1) is 22.8 Å². The highest BCUT2D eigenvalue weighted by Gasteiger charge is 2.20. The highest BCUT2D eigenvalue weighted by Crippen LogP contribution is 2.27. The minimum absolute atomic E-state index is 0.155. The zero-order valence-electron chi connectivity index (χ0n) is 14.6. The van der Waals surface area contributed by atoms with E-state index >= 15 is 0 Å². The Bertz CT molecular complexity index is 1000. The molecule has 1 N–H and O–H groups in total. The van der Waals surface area contributed by atoms with E-state index < -0.39 is 0 Å². The van der Waals surface area contributed by atoms with Crippen LogP contribution in [0.1, 0.15) is 23.7 Å². The summed E-state index contributed by atoms with van der Waals surface area (Å²) >= 11 is 1.60. The van der Waals surface area contributed by atoms with Crippen LogP contribution in [0.4, 0.5) is 4.79 Å². The van der Waals surface area contributed by atoms with Gasteiger partial charge in [0.15, 0.2) is 0 Å². The van der Waals surface area contributed by atoms with Gasteiger partial charge in [0.1, 0.15) is 16.4 Å². The zero-order chi connectivity index (χ0) is 18.1. The third kappa shape index (κ3) is 3.15. The number of aromatic nitrogens is 1. The van der Waals surface area contributed by atoms with Crippen molar-refractivity contribution in [3.8, 4) is 0 Å². The molecule has 5 nitrogen and oxygen atoms in total. The summed E-state index contributed by atoms with van der Waals surface area (Å²) in [5, 5.41) is 4.87. The molecular weight excluding hydrogens is 346 g/mol. The maximum Gasteiger partial charge on any atom is 0.318 e. The molecule has 1 unspecified atom stereocenters. The average Bonchev–Trinajstić information content (AvgIpc) is 3.28. The molecule has 132 valence electrons. The predicted octanol–water partition coefficient (Wildman–Crippen LogP) is 4.95. The molecular formula is C20H19N3O2S. The number of urea groups is 1. The molecule has 4 rings (SSSR count). The molecule has 0 saturated carbocycles. The van der Waals surface area contributed by atoms with Crippen LogP contribution in [0.3, 0.4) is 0 Å². The fourth-order valence-corrected chi connectivity index (χ4v) is 3.75. The Labute approximate surface area is 155 Å². The number of thiazole rings is 1. The first kappa shape index (κ1) is 16.6. The lowest BCUT2D eigenvalue weighted by atomic mass is 10.2. The molecule has 0 spiro atoms. The number of benzene rings is 2. The van der Waals surface area contributed by atoms with Crippen molar-refractivity contribution in [1.29, 1.82) is 0 Å². The van der Waals surface area contributed by atoms with Gasteiger partial charge in [-0.25, -0.2) is 9.78 Å². The Hall–Kier alpha value is -2.86. The Kier molecular flexibility index (Phi) is 4.34. The van der Waals surface area contributed by atoms with Crippen LogP contribution < -0.4 is 5.32 Å². The van der Waals surface area contributed by atoms with Gasteiger partial charge in [-0.1, -0.05) is 30.3 Å². The number of carbonyl (C=O) groups excluding carboxylic acids is 1. The molecule has 0 aliphatic rings. The number of hydrogen-bond donors (Lipinski definition) is 1. The maximum atomic E-state index is 12.5. The van der Waals surface area contributed by atoms with Crippen molar-refractivity contribution in [1.82, 2.24) is 15.2 Å². The first-order valence-corrected chi connectivity index (χ1v) is 9.27. The Morgan fingerprint density at radius 2 is 2.00 bits per heavy atom. The quantitative estimate of drug-likeness (QED) is 0.557. The number of furan rings is 1. The Morgan fingerprint density at radius 1 is 1.23 bits per heavy atom. The number of fused-ring (bicyclic) bond motifs is 2. The molecule has 2 amide bonds. The molecule has 0 aliphatic heterocycles. The molecule has 0 bridgehead atoms. The summed E-state index contributed by atoms with van der Waals surface area (Å²) in [6.45, 7) is 2.37. The highest BCUT2D eigenvalue weighted by atomic mass is 32.1. The first-order chi connectivity index (χ1) is 12.6. The molecule has 0 aliphatic carbocycles. The Balaban J connectivity index is 1.43. The zero-order valence-corrected chi connectivity index (χ0v) is 15.4. The van der Waals surface area contributed by atoms with Gasteiger partial charge >= 0.3 is 6.03 Å². The van der Waals surface area contributed by atoms with E-state index in [1.165, 1.54) is 0 Å². The van der Waals surface area contributed by atoms with Crippen LogP contribution in [0.2, 0.25) is 0 Å². The highest BCUT2D eigenvalue weighted by molar-refractivity contribution is 7.18. The van der Waals surface area contributed by atoms with Crippen molar-refractivity contribution in [3.63, 3.8) is 0 Å². The van der Waals surface area contributed by atoms with Crippen LogP contribution in [-0.2, 0) is 6.54 Å². The molecule has 4 aromatic rings. The number of nitrogens with one attached hydrogen (secondary N) is 1. The van der Waals surface area contributed by atoms with Crippen LogP contribution in [0.5, 0.6) is 0 Å². The minimum atomic E-state index is -0.169. The van der Waals surface area contributed by atoms with Gasteiger partial charge < -0.3 is 14.6 Å². The predicted molar refractivity (Wildman–Crippen MR) is 104 cm³/mol. The summed E-state index contributed by atoms with van der Waals surface area (Å²) in [7, 11) is 1.77. The van der Waals surface area contributed by atoms with Crippen LogP contribution in [0.25, 0.3) is 21.2 Å². The summed E-state index contributed by atoms with van der Waals surface area (Å²) in [5.74, 6) is 0.767. The Morgan fingerprint density at radius 3 is 2.81 bits per heavy atom.